The lowest BCUT2D eigenvalue weighted by Gasteiger charge is -2.24. The van der Waals surface area contributed by atoms with Crippen LogP contribution in [0.15, 0.2) is 12.1 Å². The summed E-state index contributed by atoms with van der Waals surface area (Å²) in [6, 6.07) is 4.50. The Kier molecular flexibility index (Phi) is 6.15. The molecule has 0 spiro atoms. The zero-order valence-electron chi connectivity index (χ0n) is 12.9. The van der Waals surface area contributed by atoms with Gasteiger partial charge in [0, 0.05) is 17.6 Å². The Morgan fingerprint density at radius 1 is 1.11 bits per heavy atom. The van der Waals surface area contributed by atoms with Gasteiger partial charge < -0.3 is 10.1 Å². The molecule has 0 aliphatic heterocycles. The SMILES string of the molecule is Cc1cc(OC(CNC(C)C)C(C)C)cc(C)c1Cl. The first-order valence-corrected chi connectivity index (χ1v) is 7.35. The number of ether oxygens (including phenoxy) is 1. The first-order valence-electron chi connectivity index (χ1n) is 6.98. The quantitative estimate of drug-likeness (QED) is 0.838. The molecule has 0 amide bonds. The summed E-state index contributed by atoms with van der Waals surface area (Å²) in [5, 5.41) is 4.26. The summed E-state index contributed by atoms with van der Waals surface area (Å²) in [4.78, 5) is 0. The third-order valence-electron chi connectivity index (χ3n) is 3.17. The van der Waals surface area contributed by atoms with E-state index in [-0.39, 0.29) is 6.10 Å². The fourth-order valence-corrected chi connectivity index (χ4v) is 2.02. The number of rotatable bonds is 6. The van der Waals surface area contributed by atoms with Crippen molar-refractivity contribution >= 4 is 11.6 Å². The Balaban J connectivity index is 2.79. The second-order valence-electron chi connectivity index (χ2n) is 5.83. The molecule has 1 N–H and O–H groups in total. The van der Waals surface area contributed by atoms with Gasteiger partial charge in [0.15, 0.2) is 0 Å². The van der Waals surface area contributed by atoms with E-state index in [2.05, 4.69) is 33.0 Å². The molecule has 3 heteroatoms. The molecule has 0 saturated heterocycles. The molecule has 108 valence electrons. The fraction of sp³-hybridized carbons (Fsp3) is 0.625. The number of hydrogen-bond donors (Lipinski definition) is 1. The number of benzene rings is 1. The van der Waals surface area contributed by atoms with E-state index >= 15 is 0 Å². The zero-order valence-corrected chi connectivity index (χ0v) is 13.6. The predicted molar refractivity (Wildman–Crippen MR) is 83.3 cm³/mol. The maximum Gasteiger partial charge on any atom is 0.120 e. The molecule has 0 bridgehead atoms. The van der Waals surface area contributed by atoms with E-state index in [1.807, 2.05) is 26.0 Å². The van der Waals surface area contributed by atoms with Gasteiger partial charge in [-0.3, -0.25) is 0 Å². The molecule has 1 rings (SSSR count). The van der Waals surface area contributed by atoms with Crippen LogP contribution < -0.4 is 10.1 Å². The summed E-state index contributed by atoms with van der Waals surface area (Å²) in [7, 11) is 0. The molecule has 1 atom stereocenters. The topological polar surface area (TPSA) is 21.3 Å². The van der Waals surface area contributed by atoms with Gasteiger partial charge in [-0.2, -0.15) is 0 Å². The van der Waals surface area contributed by atoms with E-state index in [4.69, 9.17) is 16.3 Å². The van der Waals surface area contributed by atoms with Gasteiger partial charge in [-0.05, 0) is 43.0 Å². The normalized spacial score (nSPS) is 13.1. The molecule has 2 nitrogen and oxygen atoms in total. The molecular weight excluding hydrogens is 258 g/mol. The number of hydrogen-bond acceptors (Lipinski definition) is 2. The van der Waals surface area contributed by atoms with Gasteiger partial charge in [0.1, 0.15) is 11.9 Å². The van der Waals surface area contributed by atoms with Crippen LogP contribution in [0.2, 0.25) is 5.02 Å². The third kappa shape index (κ3) is 5.04. The van der Waals surface area contributed by atoms with Gasteiger partial charge in [0.05, 0.1) is 0 Å². The lowest BCUT2D eigenvalue weighted by molar-refractivity contribution is 0.146. The number of aryl methyl sites for hydroxylation is 2. The molecule has 1 aromatic rings. The van der Waals surface area contributed by atoms with E-state index < -0.39 is 0 Å². The summed E-state index contributed by atoms with van der Waals surface area (Å²) in [6.45, 7) is 13.5. The van der Waals surface area contributed by atoms with Crippen molar-refractivity contribution in [1.29, 1.82) is 0 Å². The highest BCUT2D eigenvalue weighted by Gasteiger charge is 2.16. The van der Waals surface area contributed by atoms with Gasteiger partial charge in [0.2, 0.25) is 0 Å². The van der Waals surface area contributed by atoms with E-state index in [1.165, 1.54) is 0 Å². The number of nitrogens with one attached hydrogen (secondary N) is 1. The Labute approximate surface area is 122 Å². The van der Waals surface area contributed by atoms with Gasteiger partial charge in [-0.1, -0.05) is 39.3 Å². The van der Waals surface area contributed by atoms with Crippen molar-refractivity contribution in [3.8, 4) is 5.75 Å². The Morgan fingerprint density at radius 2 is 1.63 bits per heavy atom. The van der Waals surface area contributed by atoms with E-state index in [1.54, 1.807) is 0 Å². The largest absolute Gasteiger partial charge is 0.489 e. The minimum Gasteiger partial charge on any atom is -0.489 e. The molecule has 0 fully saturated rings. The van der Waals surface area contributed by atoms with Gasteiger partial charge in [-0.15, -0.1) is 0 Å². The molecule has 1 unspecified atom stereocenters. The monoisotopic (exact) mass is 283 g/mol. The van der Waals surface area contributed by atoms with E-state index in [9.17, 15) is 0 Å². The Hall–Kier alpha value is -0.730. The first kappa shape index (κ1) is 16.3. The minimum atomic E-state index is 0.169. The number of halogens is 1. The third-order valence-corrected chi connectivity index (χ3v) is 3.76. The molecule has 0 aliphatic rings. The van der Waals surface area contributed by atoms with Crippen molar-refractivity contribution in [1.82, 2.24) is 5.32 Å². The van der Waals surface area contributed by atoms with Crippen LogP contribution >= 0.6 is 11.6 Å². The molecule has 0 heterocycles. The van der Waals surface area contributed by atoms with Crippen molar-refractivity contribution in [2.45, 2.75) is 53.7 Å². The predicted octanol–water partition coefficient (Wildman–Crippen LogP) is 4.36. The lowest BCUT2D eigenvalue weighted by Crippen LogP contribution is -2.38. The van der Waals surface area contributed by atoms with Crippen LogP contribution in [0.3, 0.4) is 0 Å². The maximum absolute atomic E-state index is 6.18. The molecule has 0 saturated carbocycles. The van der Waals surface area contributed by atoms with Crippen LogP contribution in [0.25, 0.3) is 0 Å². The van der Waals surface area contributed by atoms with Gasteiger partial charge in [0.25, 0.3) is 0 Å². The summed E-state index contributed by atoms with van der Waals surface area (Å²) >= 11 is 6.18. The highest BCUT2D eigenvalue weighted by molar-refractivity contribution is 6.32. The summed E-state index contributed by atoms with van der Waals surface area (Å²) in [5.74, 6) is 1.37. The van der Waals surface area contributed by atoms with Crippen LogP contribution in [-0.4, -0.2) is 18.7 Å². The second kappa shape index (κ2) is 7.16. The van der Waals surface area contributed by atoms with E-state index in [0.29, 0.717) is 12.0 Å². The highest BCUT2D eigenvalue weighted by atomic mass is 35.5. The average molecular weight is 284 g/mol. The maximum atomic E-state index is 6.18. The van der Waals surface area contributed by atoms with Gasteiger partial charge in [-0.25, -0.2) is 0 Å². The summed E-state index contributed by atoms with van der Waals surface area (Å²) < 4.78 is 6.12. The molecule has 0 aliphatic carbocycles. The Morgan fingerprint density at radius 3 is 2.05 bits per heavy atom. The molecule has 19 heavy (non-hydrogen) atoms. The average Bonchev–Trinajstić information content (AvgIpc) is 2.30. The van der Waals surface area contributed by atoms with Gasteiger partial charge >= 0.3 is 0 Å². The van der Waals surface area contributed by atoms with Crippen LogP contribution in [0.1, 0.15) is 38.8 Å². The first-order chi connectivity index (χ1) is 8.81. The van der Waals surface area contributed by atoms with Crippen LogP contribution in [0.5, 0.6) is 5.75 Å². The molecule has 0 radical (unpaired) electrons. The van der Waals surface area contributed by atoms with Crippen molar-refractivity contribution in [3.63, 3.8) is 0 Å². The smallest absolute Gasteiger partial charge is 0.120 e. The van der Waals surface area contributed by atoms with Crippen molar-refractivity contribution in [2.75, 3.05) is 6.54 Å². The molecule has 0 aromatic heterocycles. The fourth-order valence-electron chi connectivity index (χ4n) is 1.91. The highest BCUT2D eigenvalue weighted by Crippen LogP contribution is 2.27. The zero-order chi connectivity index (χ0) is 14.6. The van der Waals surface area contributed by atoms with Crippen LogP contribution in [0.4, 0.5) is 0 Å². The molecular formula is C16H26ClNO. The summed E-state index contributed by atoms with van der Waals surface area (Å²) in [6.07, 6.45) is 0.169. The lowest BCUT2D eigenvalue weighted by atomic mass is 10.1. The van der Waals surface area contributed by atoms with Crippen molar-refractivity contribution < 1.29 is 4.74 Å². The van der Waals surface area contributed by atoms with E-state index in [0.717, 1.165) is 28.4 Å². The van der Waals surface area contributed by atoms with Crippen molar-refractivity contribution in [3.05, 3.63) is 28.3 Å². The second-order valence-corrected chi connectivity index (χ2v) is 6.21. The molecule has 1 aromatic carbocycles. The van der Waals surface area contributed by atoms with Crippen LogP contribution in [-0.2, 0) is 0 Å². The standard InChI is InChI=1S/C16H26ClNO/c1-10(2)15(9-18-11(3)4)19-14-7-12(5)16(17)13(6)8-14/h7-8,10-11,15,18H,9H2,1-6H3. The van der Waals surface area contributed by atoms with Crippen molar-refractivity contribution in [2.24, 2.45) is 5.92 Å². The Bertz CT molecular complexity index is 392. The van der Waals surface area contributed by atoms with Crippen LogP contribution in [0, 0.1) is 19.8 Å². The summed E-state index contributed by atoms with van der Waals surface area (Å²) in [5.41, 5.74) is 2.13. The minimum absolute atomic E-state index is 0.169.